The normalized spacial score (nSPS) is 11.7. The Balaban J connectivity index is 3.10. The summed E-state index contributed by atoms with van der Waals surface area (Å²) >= 11 is 0. The molecule has 1 aromatic rings. The van der Waals surface area contributed by atoms with Gasteiger partial charge in [-0.1, -0.05) is 0 Å². The van der Waals surface area contributed by atoms with E-state index >= 15 is 0 Å². The van der Waals surface area contributed by atoms with Gasteiger partial charge in [-0.2, -0.15) is 4.31 Å². The maximum absolute atomic E-state index is 12.1. The van der Waals surface area contributed by atoms with E-state index < -0.39 is 35.0 Å². The highest BCUT2D eigenvalue weighted by molar-refractivity contribution is 7.89. The molecule has 0 aliphatic heterocycles. The maximum Gasteiger partial charge on any atom is 0.318 e. The second-order valence-electron chi connectivity index (χ2n) is 3.68. The number of sulfonamides is 1. The average molecular weight is 290 g/mol. The minimum atomic E-state index is -4.16. The predicted octanol–water partition coefficient (Wildman–Crippen LogP) is -1.54. The highest BCUT2D eigenvalue weighted by Crippen LogP contribution is 2.12. The molecule has 0 aliphatic rings. The number of nitrogens with two attached hydrogens (primary N) is 1. The van der Waals surface area contributed by atoms with Crippen LogP contribution in [0.5, 0.6) is 0 Å². The first kappa shape index (κ1) is 15.1. The van der Waals surface area contributed by atoms with Crippen molar-refractivity contribution in [3.05, 3.63) is 12.5 Å². The molecule has 0 unspecified atom stereocenters. The first-order valence-electron chi connectivity index (χ1n) is 5.29. The van der Waals surface area contributed by atoms with E-state index in [-0.39, 0.29) is 5.03 Å². The van der Waals surface area contributed by atoms with Crippen LogP contribution in [0.15, 0.2) is 17.6 Å². The molecule has 1 rings (SSSR count). The van der Waals surface area contributed by atoms with Crippen LogP contribution in [-0.2, 0) is 26.2 Å². The van der Waals surface area contributed by atoms with Crippen molar-refractivity contribution in [2.75, 3.05) is 13.1 Å². The van der Waals surface area contributed by atoms with Gasteiger partial charge in [-0.15, -0.1) is 0 Å². The lowest BCUT2D eigenvalue weighted by atomic mass is 10.5. The van der Waals surface area contributed by atoms with Crippen molar-refractivity contribution in [3.8, 4) is 0 Å². The number of carbonyl (C=O) groups excluding carboxylic acids is 1. The van der Waals surface area contributed by atoms with Gasteiger partial charge < -0.3 is 15.4 Å². The zero-order chi connectivity index (χ0) is 14.6. The molecular weight excluding hydrogens is 276 g/mol. The third-order valence-electron chi connectivity index (χ3n) is 2.22. The predicted molar refractivity (Wildman–Crippen MR) is 63.5 cm³/mol. The van der Waals surface area contributed by atoms with E-state index in [1.54, 1.807) is 6.92 Å². The fourth-order valence-electron chi connectivity index (χ4n) is 1.33. The number of aliphatic carboxylic acids is 1. The van der Waals surface area contributed by atoms with Gasteiger partial charge in [0.15, 0.2) is 5.03 Å². The number of hydrogen-bond donors (Lipinski definition) is 2. The van der Waals surface area contributed by atoms with Crippen molar-refractivity contribution in [1.82, 2.24) is 13.9 Å². The van der Waals surface area contributed by atoms with E-state index in [9.17, 15) is 18.0 Å². The summed E-state index contributed by atoms with van der Waals surface area (Å²) in [5, 5.41) is 8.35. The van der Waals surface area contributed by atoms with E-state index in [2.05, 4.69) is 4.98 Å². The number of aromatic nitrogens is 2. The fraction of sp³-hybridized carbons (Fsp3) is 0.444. The summed E-state index contributed by atoms with van der Waals surface area (Å²) in [6, 6.07) is 0. The maximum atomic E-state index is 12.1. The molecule has 106 valence electrons. The lowest BCUT2D eigenvalue weighted by Gasteiger charge is -2.16. The molecule has 19 heavy (non-hydrogen) atoms. The molecule has 1 heterocycles. The van der Waals surface area contributed by atoms with E-state index in [0.717, 1.165) is 0 Å². The van der Waals surface area contributed by atoms with Crippen molar-refractivity contribution in [1.29, 1.82) is 0 Å². The second-order valence-corrected chi connectivity index (χ2v) is 5.56. The summed E-state index contributed by atoms with van der Waals surface area (Å²) in [5.41, 5.74) is 4.91. The Morgan fingerprint density at radius 1 is 1.47 bits per heavy atom. The number of aryl methyl sites for hydroxylation is 1. The van der Waals surface area contributed by atoms with Gasteiger partial charge in [0.05, 0.1) is 12.9 Å². The average Bonchev–Trinajstić information content (AvgIpc) is 2.75. The molecule has 0 spiro atoms. The Morgan fingerprint density at radius 2 is 2.11 bits per heavy atom. The summed E-state index contributed by atoms with van der Waals surface area (Å²) in [5.74, 6) is -2.33. The molecule has 0 saturated carbocycles. The van der Waals surface area contributed by atoms with Gasteiger partial charge in [0.1, 0.15) is 6.54 Å². The molecule has 0 bridgehead atoms. The zero-order valence-corrected chi connectivity index (χ0v) is 11.0. The molecule has 1 amide bonds. The van der Waals surface area contributed by atoms with Crippen LogP contribution in [-0.4, -0.2) is 52.3 Å². The number of hydrogen-bond acceptors (Lipinski definition) is 5. The largest absolute Gasteiger partial charge is 0.480 e. The SMILES string of the molecule is CCn1cnc(S(=O)(=O)N(CC(N)=O)CC(=O)O)c1. The molecule has 9 nitrogen and oxygen atoms in total. The topological polar surface area (TPSA) is 136 Å². The number of nitrogens with zero attached hydrogens (tertiary/aromatic N) is 3. The third-order valence-corrected chi connectivity index (χ3v) is 3.90. The standard InChI is InChI=1S/C9H14N4O5S/c1-2-12-4-8(11-6-12)19(17,18)13(3-7(10)14)5-9(15)16/h4,6H,2-3,5H2,1H3,(H2,10,14)(H,15,16). The highest BCUT2D eigenvalue weighted by Gasteiger charge is 2.29. The molecular formula is C9H14N4O5S. The minimum absolute atomic E-state index is 0.322. The number of primary amides is 1. The number of carboxylic acid groups (broad SMARTS) is 1. The zero-order valence-electron chi connectivity index (χ0n) is 10.2. The second kappa shape index (κ2) is 5.80. The quantitative estimate of drug-likeness (QED) is 0.625. The number of carboxylic acids is 1. The highest BCUT2D eigenvalue weighted by atomic mass is 32.2. The Hall–Kier alpha value is -1.94. The summed E-state index contributed by atoms with van der Waals surface area (Å²) in [6.45, 7) is 0.728. The number of amides is 1. The van der Waals surface area contributed by atoms with Crippen LogP contribution in [0.2, 0.25) is 0 Å². The van der Waals surface area contributed by atoms with E-state index in [0.29, 0.717) is 10.8 Å². The molecule has 0 radical (unpaired) electrons. The smallest absolute Gasteiger partial charge is 0.318 e. The summed E-state index contributed by atoms with van der Waals surface area (Å²) in [4.78, 5) is 25.2. The Labute approximate surface area is 109 Å². The fourth-order valence-corrected chi connectivity index (χ4v) is 2.62. The van der Waals surface area contributed by atoms with Crippen LogP contribution in [0.4, 0.5) is 0 Å². The van der Waals surface area contributed by atoms with Gasteiger partial charge in [-0.05, 0) is 6.92 Å². The van der Waals surface area contributed by atoms with Gasteiger partial charge in [-0.25, -0.2) is 13.4 Å². The number of rotatable bonds is 7. The lowest BCUT2D eigenvalue weighted by molar-refractivity contribution is -0.137. The van der Waals surface area contributed by atoms with Gasteiger partial charge in [-0.3, -0.25) is 9.59 Å². The van der Waals surface area contributed by atoms with Gasteiger partial charge in [0, 0.05) is 12.7 Å². The lowest BCUT2D eigenvalue weighted by Crippen LogP contribution is -2.41. The Kier molecular flexibility index (Phi) is 4.62. The minimum Gasteiger partial charge on any atom is -0.480 e. The van der Waals surface area contributed by atoms with Gasteiger partial charge in [0.2, 0.25) is 5.91 Å². The molecule has 1 aromatic heterocycles. The monoisotopic (exact) mass is 290 g/mol. The number of carbonyl (C=O) groups is 2. The molecule has 0 saturated heterocycles. The van der Waals surface area contributed by atoms with Crippen molar-refractivity contribution in [2.45, 2.75) is 18.5 Å². The van der Waals surface area contributed by atoms with E-state index in [4.69, 9.17) is 10.8 Å². The van der Waals surface area contributed by atoms with Crippen LogP contribution >= 0.6 is 0 Å². The van der Waals surface area contributed by atoms with Gasteiger partial charge >= 0.3 is 5.97 Å². The molecule has 0 fully saturated rings. The number of imidazole rings is 1. The van der Waals surface area contributed by atoms with Crippen molar-refractivity contribution in [2.24, 2.45) is 5.73 Å². The molecule has 10 heteroatoms. The van der Waals surface area contributed by atoms with Crippen LogP contribution < -0.4 is 5.73 Å². The summed E-state index contributed by atoms with van der Waals surface area (Å²) in [6.07, 6.45) is 2.56. The van der Waals surface area contributed by atoms with Crippen molar-refractivity contribution >= 4 is 21.9 Å². The summed E-state index contributed by atoms with van der Waals surface area (Å²) < 4.78 is 26.2. The summed E-state index contributed by atoms with van der Waals surface area (Å²) in [7, 11) is -4.16. The molecule has 0 atom stereocenters. The van der Waals surface area contributed by atoms with Crippen molar-refractivity contribution < 1.29 is 23.1 Å². The van der Waals surface area contributed by atoms with Crippen LogP contribution in [0, 0.1) is 0 Å². The van der Waals surface area contributed by atoms with E-state index in [1.807, 2.05) is 0 Å². The van der Waals surface area contributed by atoms with E-state index in [1.165, 1.54) is 17.1 Å². The molecule has 0 aromatic carbocycles. The van der Waals surface area contributed by atoms with Gasteiger partial charge in [0.25, 0.3) is 10.0 Å². The Morgan fingerprint density at radius 3 is 2.53 bits per heavy atom. The third kappa shape index (κ3) is 3.76. The first-order chi connectivity index (χ1) is 8.77. The van der Waals surface area contributed by atoms with Crippen LogP contribution in [0.1, 0.15) is 6.92 Å². The Bertz CT molecular complexity index is 563. The molecule has 0 aliphatic carbocycles. The van der Waals surface area contributed by atoms with Crippen molar-refractivity contribution in [3.63, 3.8) is 0 Å². The first-order valence-corrected chi connectivity index (χ1v) is 6.73. The molecule has 3 N–H and O–H groups in total. The van der Waals surface area contributed by atoms with Crippen LogP contribution in [0.3, 0.4) is 0 Å². The van der Waals surface area contributed by atoms with Crippen LogP contribution in [0.25, 0.3) is 0 Å².